The lowest BCUT2D eigenvalue weighted by atomic mass is 9.85. The van der Waals surface area contributed by atoms with Crippen LogP contribution in [0, 0.1) is 11.3 Å². The zero-order valence-corrected chi connectivity index (χ0v) is 25.2. The van der Waals surface area contributed by atoms with E-state index in [9.17, 15) is 19.2 Å². The maximum absolute atomic E-state index is 12.6. The number of carbonyl (C=O) groups excluding carboxylic acids is 4. The first kappa shape index (κ1) is 36.1. The van der Waals surface area contributed by atoms with E-state index < -0.39 is 17.5 Å². The third kappa shape index (κ3) is 21.1. The van der Waals surface area contributed by atoms with Gasteiger partial charge in [0, 0.05) is 31.1 Å². The molecule has 0 aliphatic carbocycles. The predicted octanol–water partition coefficient (Wildman–Crippen LogP) is 7.52. The molecule has 0 aromatic heterocycles. The summed E-state index contributed by atoms with van der Waals surface area (Å²) >= 11 is 0. The number of carbonyl (C=O) groups is 4. The number of ether oxygens (including phenoxy) is 3. The van der Waals surface area contributed by atoms with Gasteiger partial charge in [-0.3, -0.25) is 19.2 Å². The quantitative estimate of drug-likeness (QED) is 0.0751. The Bertz CT molecular complexity index is 634. The van der Waals surface area contributed by atoms with Crippen LogP contribution in [0.4, 0.5) is 0 Å². The first-order valence-electron chi connectivity index (χ1n) is 15.0. The second-order valence-corrected chi connectivity index (χ2v) is 11.7. The van der Waals surface area contributed by atoms with E-state index in [4.69, 9.17) is 14.2 Å². The minimum absolute atomic E-state index is 0.0652. The van der Waals surface area contributed by atoms with Gasteiger partial charge in [-0.05, 0) is 18.8 Å². The van der Waals surface area contributed by atoms with Crippen LogP contribution in [-0.2, 0) is 33.4 Å². The van der Waals surface area contributed by atoms with E-state index in [2.05, 4.69) is 13.8 Å². The number of hydrogen-bond acceptors (Lipinski definition) is 7. The van der Waals surface area contributed by atoms with Crippen LogP contribution in [0.15, 0.2) is 0 Å². The number of esters is 3. The molecule has 1 atom stereocenters. The van der Waals surface area contributed by atoms with Crippen molar-refractivity contribution in [2.45, 2.75) is 150 Å². The summed E-state index contributed by atoms with van der Waals surface area (Å²) in [4.78, 5) is 49.2. The van der Waals surface area contributed by atoms with Gasteiger partial charge in [0.05, 0.1) is 0 Å². The Hall–Kier alpha value is -1.92. The highest BCUT2D eigenvalue weighted by Crippen LogP contribution is 2.21. The molecule has 7 heteroatoms. The summed E-state index contributed by atoms with van der Waals surface area (Å²) in [5.41, 5.74) is -0.463. The van der Waals surface area contributed by atoms with Crippen molar-refractivity contribution in [1.82, 2.24) is 0 Å². The molecule has 0 radical (unpaired) electrons. The third-order valence-corrected chi connectivity index (χ3v) is 6.51. The molecule has 0 aromatic carbocycles. The number of rotatable bonds is 23. The van der Waals surface area contributed by atoms with Gasteiger partial charge in [-0.25, -0.2) is 0 Å². The van der Waals surface area contributed by atoms with Gasteiger partial charge in [-0.1, -0.05) is 106 Å². The molecule has 0 saturated carbocycles. The first-order chi connectivity index (χ1) is 18.0. The summed E-state index contributed by atoms with van der Waals surface area (Å²) in [6, 6.07) is 0. The highest BCUT2D eigenvalue weighted by atomic mass is 16.6. The second kappa shape index (κ2) is 22.0. The molecule has 0 aromatic rings. The van der Waals surface area contributed by atoms with Crippen LogP contribution in [0.25, 0.3) is 0 Å². The molecule has 0 saturated heterocycles. The summed E-state index contributed by atoms with van der Waals surface area (Å²) in [5, 5.41) is 0. The van der Waals surface area contributed by atoms with Crippen LogP contribution in [0.1, 0.15) is 144 Å². The van der Waals surface area contributed by atoms with Crippen LogP contribution >= 0.6 is 0 Å². The largest absolute Gasteiger partial charge is 0.462 e. The minimum Gasteiger partial charge on any atom is -0.462 e. The van der Waals surface area contributed by atoms with E-state index in [1.54, 1.807) is 0 Å². The molecule has 7 nitrogen and oxygen atoms in total. The van der Waals surface area contributed by atoms with Gasteiger partial charge in [0.1, 0.15) is 19.0 Å². The van der Waals surface area contributed by atoms with Crippen LogP contribution in [0.5, 0.6) is 0 Å². The van der Waals surface area contributed by atoms with Crippen molar-refractivity contribution in [3.8, 4) is 0 Å². The maximum Gasteiger partial charge on any atom is 0.306 e. The molecule has 0 heterocycles. The van der Waals surface area contributed by atoms with Crippen molar-refractivity contribution < 1.29 is 33.4 Å². The normalized spacial score (nSPS) is 12.3. The Morgan fingerprint density at radius 1 is 0.605 bits per heavy atom. The van der Waals surface area contributed by atoms with Crippen molar-refractivity contribution in [3.63, 3.8) is 0 Å². The Labute approximate surface area is 232 Å². The molecule has 0 amide bonds. The lowest BCUT2D eigenvalue weighted by molar-refractivity contribution is -0.167. The van der Waals surface area contributed by atoms with Crippen LogP contribution in [-0.4, -0.2) is 43.0 Å². The van der Waals surface area contributed by atoms with Gasteiger partial charge in [0.2, 0.25) is 0 Å². The van der Waals surface area contributed by atoms with Crippen LogP contribution in [0.2, 0.25) is 0 Å². The van der Waals surface area contributed by atoms with Gasteiger partial charge in [-0.15, -0.1) is 0 Å². The smallest absolute Gasteiger partial charge is 0.306 e. The van der Waals surface area contributed by atoms with Crippen molar-refractivity contribution in [2.24, 2.45) is 11.3 Å². The standard InChI is InChI=1S/C31H56O7/c1-7-9-11-13-15-17-19-28(33)36-23-26(24-37-29(34)20-18-16-14-12-10-8-2)38-30(35)22-25(3)21-27(32)31(4,5)6/h25-26H,7-24H2,1-6H3. The van der Waals surface area contributed by atoms with Gasteiger partial charge in [-0.2, -0.15) is 0 Å². The lowest BCUT2D eigenvalue weighted by Gasteiger charge is -2.21. The second-order valence-electron chi connectivity index (χ2n) is 11.7. The SMILES string of the molecule is CCCCCCCCC(=O)OCC(COC(=O)CCCCCCCC)OC(=O)CC(C)CC(=O)C(C)(C)C. The average Bonchev–Trinajstić information content (AvgIpc) is 2.84. The summed E-state index contributed by atoms with van der Waals surface area (Å²) in [5.74, 6) is -1.28. The fourth-order valence-electron chi connectivity index (χ4n) is 3.94. The van der Waals surface area contributed by atoms with Crippen molar-refractivity contribution in [2.75, 3.05) is 13.2 Å². The summed E-state index contributed by atoms with van der Waals surface area (Å²) < 4.78 is 16.2. The van der Waals surface area contributed by atoms with E-state index in [0.29, 0.717) is 12.8 Å². The van der Waals surface area contributed by atoms with E-state index in [0.717, 1.165) is 38.5 Å². The van der Waals surface area contributed by atoms with Crippen molar-refractivity contribution in [3.05, 3.63) is 0 Å². The predicted molar refractivity (Wildman–Crippen MR) is 151 cm³/mol. The van der Waals surface area contributed by atoms with Gasteiger partial charge >= 0.3 is 17.9 Å². The summed E-state index contributed by atoms with van der Waals surface area (Å²) in [6.45, 7) is 11.4. The molecule has 0 bridgehead atoms. The third-order valence-electron chi connectivity index (χ3n) is 6.51. The highest BCUT2D eigenvalue weighted by Gasteiger charge is 2.26. The molecular formula is C31H56O7. The van der Waals surface area contributed by atoms with Crippen LogP contribution < -0.4 is 0 Å². The molecule has 0 fully saturated rings. The molecule has 0 aliphatic heterocycles. The van der Waals surface area contributed by atoms with Crippen molar-refractivity contribution >= 4 is 23.7 Å². The average molecular weight is 541 g/mol. The molecule has 222 valence electrons. The number of Topliss-reactive ketones (excluding diaryl/α,β-unsaturated/α-hetero) is 1. The number of unbranched alkanes of at least 4 members (excludes halogenated alkanes) is 10. The van der Waals surface area contributed by atoms with Gasteiger partial charge in [0.15, 0.2) is 6.10 Å². The molecule has 1 unspecified atom stereocenters. The highest BCUT2D eigenvalue weighted by molar-refractivity contribution is 5.84. The Morgan fingerprint density at radius 2 is 1.03 bits per heavy atom. The molecule has 0 aliphatic rings. The number of hydrogen-bond donors (Lipinski definition) is 0. The van der Waals surface area contributed by atoms with E-state index in [1.807, 2.05) is 27.7 Å². The monoisotopic (exact) mass is 540 g/mol. The Kier molecular flexibility index (Phi) is 20.8. The van der Waals surface area contributed by atoms with Gasteiger partial charge < -0.3 is 14.2 Å². The minimum atomic E-state index is -0.866. The van der Waals surface area contributed by atoms with Crippen molar-refractivity contribution in [1.29, 1.82) is 0 Å². The van der Waals surface area contributed by atoms with E-state index >= 15 is 0 Å². The molecular weight excluding hydrogens is 484 g/mol. The number of ketones is 1. The molecule has 0 spiro atoms. The Balaban J connectivity index is 4.67. The topological polar surface area (TPSA) is 96.0 Å². The zero-order chi connectivity index (χ0) is 28.8. The maximum atomic E-state index is 12.6. The molecule has 0 rings (SSSR count). The lowest BCUT2D eigenvalue weighted by Crippen LogP contribution is -2.31. The van der Waals surface area contributed by atoms with E-state index in [1.165, 1.54) is 38.5 Å². The first-order valence-corrected chi connectivity index (χ1v) is 15.0. The fraction of sp³-hybridized carbons (Fsp3) is 0.871. The Morgan fingerprint density at radius 3 is 1.45 bits per heavy atom. The van der Waals surface area contributed by atoms with E-state index in [-0.39, 0.29) is 49.7 Å². The zero-order valence-electron chi connectivity index (χ0n) is 25.2. The summed E-state index contributed by atoms with van der Waals surface area (Å²) in [7, 11) is 0. The molecule has 0 N–H and O–H groups in total. The van der Waals surface area contributed by atoms with Gasteiger partial charge in [0.25, 0.3) is 0 Å². The van der Waals surface area contributed by atoms with Crippen LogP contribution in [0.3, 0.4) is 0 Å². The molecule has 38 heavy (non-hydrogen) atoms. The summed E-state index contributed by atoms with van der Waals surface area (Å²) in [6.07, 6.45) is 12.9. The fourth-order valence-corrected chi connectivity index (χ4v) is 3.94.